The van der Waals surface area contributed by atoms with Gasteiger partial charge < -0.3 is 24.2 Å². The number of oxime groups is 1. The monoisotopic (exact) mass is 315 g/mol. The first kappa shape index (κ1) is 15.2. The van der Waals surface area contributed by atoms with Gasteiger partial charge in [0.25, 0.3) is 0 Å². The molecular formula is C13H14ClNO6. The van der Waals surface area contributed by atoms with E-state index in [1.165, 1.54) is 21.3 Å². The molecule has 0 aromatic heterocycles. The molecule has 1 aliphatic rings. The summed E-state index contributed by atoms with van der Waals surface area (Å²) in [5.41, 5.74) is 0.890. The average molecular weight is 316 g/mol. The lowest BCUT2D eigenvalue weighted by molar-refractivity contribution is -0.148. The van der Waals surface area contributed by atoms with E-state index in [1.54, 1.807) is 6.07 Å². The molecule has 0 bridgehead atoms. The summed E-state index contributed by atoms with van der Waals surface area (Å²) in [7, 11) is 4.38. The summed E-state index contributed by atoms with van der Waals surface area (Å²) in [6.45, 7) is 0. The molecule has 21 heavy (non-hydrogen) atoms. The van der Waals surface area contributed by atoms with Crippen molar-refractivity contribution in [2.24, 2.45) is 5.16 Å². The molecule has 2 rings (SSSR count). The smallest absolute Gasteiger partial charge is 0.348 e. The molecule has 1 aliphatic heterocycles. The van der Waals surface area contributed by atoms with Crippen LogP contribution < -0.4 is 14.2 Å². The van der Waals surface area contributed by atoms with Crippen molar-refractivity contribution >= 4 is 23.3 Å². The minimum absolute atomic E-state index is 0.105. The number of carbonyl (C=O) groups is 1. The first-order chi connectivity index (χ1) is 10.0. The third-order valence-electron chi connectivity index (χ3n) is 3.02. The third-order valence-corrected chi connectivity index (χ3v) is 3.40. The Hall–Kier alpha value is -2.15. The van der Waals surface area contributed by atoms with Crippen molar-refractivity contribution in [3.63, 3.8) is 0 Å². The molecule has 0 aliphatic carbocycles. The number of aliphatic carboxylic acids is 1. The van der Waals surface area contributed by atoms with Gasteiger partial charge in [0.1, 0.15) is 0 Å². The van der Waals surface area contributed by atoms with E-state index in [9.17, 15) is 4.79 Å². The number of rotatable bonds is 5. The number of halogens is 1. The molecule has 8 heteroatoms. The summed E-state index contributed by atoms with van der Waals surface area (Å²) in [5, 5.41) is 13.0. The number of carboxylic acids is 1. The van der Waals surface area contributed by atoms with Crippen molar-refractivity contribution in [1.82, 2.24) is 0 Å². The Balaban J connectivity index is 2.48. The molecule has 1 N–H and O–H groups in total. The summed E-state index contributed by atoms with van der Waals surface area (Å²) >= 11 is 6.28. The highest BCUT2D eigenvalue weighted by molar-refractivity contribution is 6.36. The Morgan fingerprint density at radius 3 is 2.48 bits per heavy atom. The van der Waals surface area contributed by atoms with E-state index in [1.807, 2.05) is 0 Å². The Labute approximate surface area is 126 Å². The van der Waals surface area contributed by atoms with Gasteiger partial charge in [0.2, 0.25) is 11.9 Å². The topological polar surface area (TPSA) is 86.6 Å². The Morgan fingerprint density at radius 2 is 2.00 bits per heavy atom. The van der Waals surface area contributed by atoms with Gasteiger partial charge in [0.05, 0.1) is 32.1 Å². The summed E-state index contributed by atoms with van der Waals surface area (Å²) in [4.78, 5) is 15.8. The van der Waals surface area contributed by atoms with E-state index in [0.29, 0.717) is 22.8 Å². The number of carboxylic acid groups (broad SMARTS) is 1. The highest BCUT2D eigenvalue weighted by Crippen LogP contribution is 2.45. The number of benzene rings is 1. The first-order valence-electron chi connectivity index (χ1n) is 5.97. The van der Waals surface area contributed by atoms with Crippen molar-refractivity contribution in [2.45, 2.75) is 12.5 Å². The van der Waals surface area contributed by atoms with Crippen LogP contribution in [-0.4, -0.2) is 44.2 Å². The second kappa shape index (κ2) is 6.09. The van der Waals surface area contributed by atoms with Gasteiger partial charge in [-0.15, -0.1) is 0 Å². The lowest BCUT2D eigenvalue weighted by Crippen LogP contribution is -2.20. The zero-order chi connectivity index (χ0) is 15.6. The minimum atomic E-state index is -1.09. The van der Waals surface area contributed by atoms with Gasteiger partial charge >= 0.3 is 5.97 Å². The van der Waals surface area contributed by atoms with Gasteiger partial charge in [-0.2, -0.15) is 0 Å². The van der Waals surface area contributed by atoms with E-state index >= 15 is 0 Å². The minimum Gasteiger partial charge on any atom is -0.493 e. The van der Waals surface area contributed by atoms with Gasteiger partial charge in [0.15, 0.2) is 11.5 Å². The molecule has 0 amide bonds. The fourth-order valence-corrected chi connectivity index (χ4v) is 2.33. The van der Waals surface area contributed by atoms with Crippen LogP contribution in [0.15, 0.2) is 11.2 Å². The Bertz CT molecular complexity index is 601. The summed E-state index contributed by atoms with van der Waals surface area (Å²) < 4.78 is 15.7. The van der Waals surface area contributed by atoms with E-state index in [4.69, 9.17) is 35.8 Å². The summed E-state index contributed by atoms with van der Waals surface area (Å²) in [5.74, 6) is -0.0504. The van der Waals surface area contributed by atoms with Crippen LogP contribution in [0.2, 0.25) is 5.02 Å². The van der Waals surface area contributed by atoms with Gasteiger partial charge in [-0.25, -0.2) is 4.79 Å². The van der Waals surface area contributed by atoms with Crippen LogP contribution in [0.1, 0.15) is 12.0 Å². The standard InChI is InChI=1S/C13H14ClNO6/c1-18-8-4-6(7-5-9(13(16)17)21-15-7)10(14)12(20-3)11(8)19-2/h4,9H,5H2,1-3H3,(H,16,17)/t9-/m0/s1. The molecule has 0 spiro atoms. The van der Waals surface area contributed by atoms with E-state index < -0.39 is 12.1 Å². The summed E-state index contributed by atoms with van der Waals surface area (Å²) in [6.07, 6.45) is -0.914. The van der Waals surface area contributed by atoms with E-state index in [-0.39, 0.29) is 17.2 Å². The molecule has 0 radical (unpaired) electrons. The van der Waals surface area contributed by atoms with Crippen LogP contribution in [0.5, 0.6) is 17.2 Å². The van der Waals surface area contributed by atoms with Gasteiger partial charge in [0, 0.05) is 12.0 Å². The molecule has 114 valence electrons. The predicted octanol–water partition coefficient (Wildman–Crippen LogP) is 1.94. The van der Waals surface area contributed by atoms with E-state index in [2.05, 4.69) is 5.16 Å². The highest BCUT2D eigenvalue weighted by atomic mass is 35.5. The third kappa shape index (κ3) is 2.69. The predicted molar refractivity (Wildman–Crippen MR) is 74.8 cm³/mol. The number of ether oxygens (including phenoxy) is 3. The summed E-state index contributed by atoms with van der Waals surface area (Å²) in [6, 6.07) is 1.61. The van der Waals surface area contributed by atoms with E-state index in [0.717, 1.165) is 0 Å². The van der Waals surface area contributed by atoms with Crippen molar-refractivity contribution in [1.29, 1.82) is 0 Å². The van der Waals surface area contributed by atoms with Gasteiger partial charge in [-0.3, -0.25) is 0 Å². The molecule has 1 heterocycles. The van der Waals surface area contributed by atoms with Crippen LogP contribution >= 0.6 is 11.6 Å². The maximum atomic E-state index is 10.9. The van der Waals surface area contributed by atoms with Crippen molar-refractivity contribution in [3.8, 4) is 17.2 Å². The molecule has 7 nitrogen and oxygen atoms in total. The van der Waals surface area contributed by atoms with Crippen molar-refractivity contribution in [2.75, 3.05) is 21.3 Å². The van der Waals surface area contributed by atoms with Gasteiger partial charge in [-0.05, 0) is 6.07 Å². The zero-order valence-corrected chi connectivity index (χ0v) is 12.4. The molecule has 0 saturated heterocycles. The molecule has 0 saturated carbocycles. The number of methoxy groups -OCH3 is 3. The SMILES string of the molecule is COc1cc(C2=NO[C@H](C(=O)O)C2)c(Cl)c(OC)c1OC. The number of nitrogens with zero attached hydrogens (tertiary/aromatic N) is 1. The molecule has 0 fully saturated rings. The second-order valence-electron chi connectivity index (χ2n) is 4.18. The fourth-order valence-electron chi connectivity index (χ4n) is 2.00. The second-order valence-corrected chi connectivity index (χ2v) is 4.56. The molecule has 0 unspecified atom stereocenters. The molecule has 1 aromatic rings. The lowest BCUT2D eigenvalue weighted by atomic mass is 10.0. The van der Waals surface area contributed by atoms with Crippen LogP contribution in [0.4, 0.5) is 0 Å². The molecule has 1 atom stereocenters. The molecular weight excluding hydrogens is 302 g/mol. The van der Waals surface area contributed by atoms with Crippen LogP contribution in [-0.2, 0) is 9.63 Å². The maximum Gasteiger partial charge on any atom is 0.348 e. The van der Waals surface area contributed by atoms with Crippen molar-refractivity contribution < 1.29 is 28.9 Å². The lowest BCUT2D eigenvalue weighted by Gasteiger charge is -2.16. The zero-order valence-electron chi connectivity index (χ0n) is 11.7. The average Bonchev–Trinajstić information content (AvgIpc) is 2.96. The maximum absolute atomic E-state index is 10.9. The first-order valence-corrected chi connectivity index (χ1v) is 6.35. The normalized spacial score (nSPS) is 17.0. The van der Waals surface area contributed by atoms with Gasteiger partial charge in [-0.1, -0.05) is 16.8 Å². The largest absolute Gasteiger partial charge is 0.493 e. The Kier molecular flexibility index (Phi) is 4.42. The molecule has 1 aromatic carbocycles. The highest BCUT2D eigenvalue weighted by Gasteiger charge is 2.31. The fraction of sp³-hybridized carbons (Fsp3) is 0.385. The number of hydrogen-bond donors (Lipinski definition) is 1. The van der Waals surface area contributed by atoms with Crippen LogP contribution in [0, 0.1) is 0 Å². The number of hydrogen-bond acceptors (Lipinski definition) is 6. The van der Waals surface area contributed by atoms with Crippen molar-refractivity contribution in [3.05, 3.63) is 16.7 Å². The Morgan fingerprint density at radius 1 is 1.33 bits per heavy atom. The van der Waals surface area contributed by atoms with Crippen LogP contribution in [0.25, 0.3) is 0 Å². The quantitative estimate of drug-likeness (QED) is 0.893. The van der Waals surface area contributed by atoms with Crippen LogP contribution in [0.3, 0.4) is 0 Å².